The maximum Gasteiger partial charge on any atom is 0.409 e. The molecule has 0 aliphatic heterocycles. The van der Waals surface area contributed by atoms with Crippen LogP contribution in [0.15, 0.2) is 4.52 Å². The topological polar surface area (TPSA) is 38.9 Å². The largest absolute Gasteiger partial charge is 0.409 e. The lowest BCUT2D eigenvalue weighted by atomic mass is 10.1. The second-order valence-electron chi connectivity index (χ2n) is 2.70. The van der Waals surface area contributed by atoms with Gasteiger partial charge < -0.3 is 4.52 Å². The van der Waals surface area contributed by atoms with Gasteiger partial charge in [0.15, 0.2) is 5.82 Å². The van der Waals surface area contributed by atoms with Crippen LogP contribution in [-0.2, 0) is 5.88 Å². The summed E-state index contributed by atoms with van der Waals surface area (Å²) in [6.07, 6.45) is -11.1. The maximum absolute atomic E-state index is 12.1. The van der Waals surface area contributed by atoms with E-state index >= 15 is 0 Å². The minimum atomic E-state index is -5.55. The van der Waals surface area contributed by atoms with E-state index in [4.69, 9.17) is 11.6 Å². The van der Waals surface area contributed by atoms with Gasteiger partial charge in [-0.1, -0.05) is 5.16 Å². The average molecular weight is 269 g/mol. The van der Waals surface area contributed by atoms with E-state index in [2.05, 4.69) is 14.7 Å². The van der Waals surface area contributed by atoms with Crippen molar-refractivity contribution in [3.63, 3.8) is 0 Å². The first kappa shape index (κ1) is 13.1. The summed E-state index contributed by atoms with van der Waals surface area (Å²) in [5.74, 6) is -6.22. The van der Waals surface area contributed by atoms with Crippen LogP contribution in [0.3, 0.4) is 0 Å². The molecule has 0 bridgehead atoms. The normalized spacial score (nSPS) is 13.5. The van der Waals surface area contributed by atoms with Crippen molar-refractivity contribution in [2.75, 3.05) is 0 Å². The minimum absolute atomic E-state index is 0.435. The SMILES string of the molecule is FC(F)(F)C(c1nc(CCl)no1)C(F)(F)F. The van der Waals surface area contributed by atoms with Crippen LogP contribution in [0.4, 0.5) is 26.3 Å². The molecule has 1 aromatic rings. The van der Waals surface area contributed by atoms with E-state index in [1.807, 2.05) is 0 Å². The monoisotopic (exact) mass is 268 g/mol. The predicted molar refractivity (Wildman–Crippen MR) is 38.7 cm³/mol. The van der Waals surface area contributed by atoms with Crippen molar-refractivity contribution in [1.82, 2.24) is 10.1 Å². The molecule has 0 saturated carbocycles. The third kappa shape index (κ3) is 2.77. The molecule has 0 aromatic carbocycles. The van der Waals surface area contributed by atoms with E-state index in [0.29, 0.717) is 0 Å². The standard InChI is InChI=1S/C6H3ClF6N2O/c7-1-2-14-4(16-15-2)3(5(8,9)10)6(11,12)13/h3H,1H2. The van der Waals surface area contributed by atoms with Crippen molar-refractivity contribution < 1.29 is 30.9 Å². The lowest BCUT2D eigenvalue weighted by Crippen LogP contribution is -2.34. The van der Waals surface area contributed by atoms with Crippen LogP contribution in [0.2, 0.25) is 0 Å². The first-order valence-electron chi connectivity index (χ1n) is 3.68. The van der Waals surface area contributed by atoms with Gasteiger partial charge in [-0.2, -0.15) is 31.3 Å². The lowest BCUT2D eigenvalue weighted by Gasteiger charge is -2.18. The van der Waals surface area contributed by atoms with Crippen LogP contribution in [0, 0.1) is 0 Å². The van der Waals surface area contributed by atoms with E-state index < -0.39 is 35.9 Å². The average Bonchev–Trinajstić information content (AvgIpc) is 2.47. The summed E-state index contributed by atoms with van der Waals surface area (Å²) in [5.41, 5.74) is 0. The van der Waals surface area contributed by atoms with Crippen molar-refractivity contribution in [2.24, 2.45) is 0 Å². The molecule has 0 saturated heterocycles. The Hall–Kier alpha value is -0.990. The van der Waals surface area contributed by atoms with E-state index in [9.17, 15) is 26.3 Å². The van der Waals surface area contributed by atoms with Crippen LogP contribution in [-0.4, -0.2) is 22.5 Å². The van der Waals surface area contributed by atoms with Gasteiger partial charge in [0, 0.05) is 0 Å². The van der Waals surface area contributed by atoms with Gasteiger partial charge in [-0.3, -0.25) is 0 Å². The number of hydrogen-bond donors (Lipinski definition) is 0. The van der Waals surface area contributed by atoms with E-state index in [1.54, 1.807) is 0 Å². The molecule has 0 N–H and O–H groups in total. The van der Waals surface area contributed by atoms with Gasteiger partial charge in [0.25, 0.3) is 0 Å². The molecule has 0 spiro atoms. The first-order valence-corrected chi connectivity index (χ1v) is 4.21. The summed E-state index contributed by atoms with van der Waals surface area (Å²) >= 11 is 5.13. The van der Waals surface area contributed by atoms with E-state index in [1.165, 1.54) is 0 Å². The predicted octanol–water partition coefficient (Wildman–Crippen LogP) is 3.02. The third-order valence-electron chi connectivity index (χ3n) is 1.50. The highest BCUT2D eigenvalue weighted by molar-refractivity contribution is 6.16. The smallest absolute Gasteiger partial charge is 0.338 e. The van der Waals surface area contributed by atoms with E-state index in [-0.39, 0.29) is 0 Å². The minimum Gasteiger partial charge on any atom is -0.338 e. The van der Waals surface area contributed by atoms with Crippen LogP contribution in [0.5, 0.6) is 0 Å². The fourth-order valence-corrected chi connectivity index (χ4v) is 1.01. The third-order valence-corrected chi connectivity index (χ3v) is 1.74. The van der Waals surface area contributed by atoms with Crippen molar-refractivity contribution in [2.45, 2.75) is 24.2 Å². The Kier molecular flexibility index (Phi) is 3.36. The summed E-state index contributed by atoms with van der Waals surface area (Å²) in [7, 11) is 0. The Morgan fingerprint density at radius 1 is 1.12 bits per heavy atom. The van der Waals surface area contributed by atoms with Crippen molar-refractivity contribution in [1.29, 1.82) is 0 Å². The summed E-state index contributed by atoms with van der Waals surface area (Å²) in [6, 6.07) is 0. The number of rotatable bonds is 2. The van der Waals surface area contributed by atoms with Crippen molar-refractivity contribution in [3.8, 4) is 0 Å². The summed E-state index contributed by atoms with van der Waals surface area (Å²) in [4.78, 5) is 2.91. The molecule has 92 valence electrons. The van der Waals surface area contributed by atoms with Crippen LogP contribution in [0.1, 0.15) is 17.6 Å². The highest BCUT2D eigenvalue weighted by Gasteiger charge is 2.60. The highest BCUT2D eigenvalue weighted by atomic mass is 35.5. The van der Waals surface area contributed by atoms with Crippen LogP contribution < -0.4 is 0 Å². The molecule has 10 heteroatoms. The zero-order valence-electron chi connectivity index (χ0n) is 7.23. The second kappa shape index (κ2) is 4.11. The molecular formula is C6H3ClF6N2O. The van der Waals surface area contributed by atoms with Gasteiger partial charge in [0.1, 0.15) is 0 Å². The molecule has 1 rings (SSSR count). The number of alkyl halides is 7. The molecular weight excluding hydrogens is 266 g/mol. The number of hydrogen-bond acceptors (Lipinski definition) is 3. The summed E-state index contributed by atoms with van der Waals surface area (Å²) < 4.78 is 76.7. The van der Waals surface area contributed by atoms with Crippen molar-refractivity contribution in [3.05, 3.63) is 11.7 Å². The van der Waals surface area contributed by atoms with Gasteiger partial charge in [-0.05, 0) is 0 Å². The van der Waals surface area contributed by atoms with Gasteiger partial charge in [-0.15, -0.1) is 11.6 Å². The Morgan fingerprint density at radius 2 is 1.62 bits per heavy atom. The zero-order valence-corrected chi connectivity index (χ0v) is 7.99. The first-order chi connectivity index (χ1) is 7.16. The molecule has 1 heterocycles. The molecule has 0 aliphatic carbocycles. The fourth-order valence-electron chi connectivity index (χ4n) is 0.905. The molecule has 16 heavy (non-hydrogen) atoms. The number of nitrogens with zero attached hydrogens (tertiary/aromatic N) is 2. The molecule has 0 aliphatic rings. The Bertz CT molecular complexity index is 345. The maximum atomic E-state index is 12.1. The van der Waals surface area contributed by atoms with Gasteiger partial charge in [0.05, 0.1) is 5.88 Å². The number of aromatic nitrogens is 2. The molecule has 0 radical (unpaired) electrons. The highest BCUT2D eigenvalue weighted by Crippen LogP contribution is 2.45. The molecule has 0 unspecified atom stereocenters. The Labute approximate surface area is 89.4 Å². The second-order valence-corrected chi connectivity index (χ2v) is 2.97. The van der Waals surface area contributed by atoms with E-state index in [0.717, 1.165) is 0 Å². The molecule has 0 atom stereocenters. The molecule has 1 aromatic heterocycles. The Balaban J connectivity index is 3.12. The summed E-state index contributed by atoms with van der Waals surface area (Å²) in [6.45, 7) is 0. The van der Waals surface area contributed by atoms with Gasteiger partial charge >= 0.3 is 12.4 Å². The molecule has 3 nitrogen and oxygen atoms in total. The number of halogens is 7. The molecule has 0 fully saturated rings. The van der Waals surface area contributed by atoms with Gasteiger partial charge in [-0.25, -0.2) is 0 Å². The fraction of sp³-hybridized carbons (Fsp3) is 0.667. The quantitative estimate of drug-likeness (QED) is 0.611. The van der Waals surface area contributed by atoms with Gasteiger partial charge in [0.2, 0.25) is 11.8 Å². The van der Waals surface area contributed by atoms with Crippen molar-refractivity contribution >= 4 is 11.6 Å². The van der Waals surface area contributed by atoms with Crippen LogP contribution in [0.25, 0.3) is 0 Å². The Morgan fingerprint density at radius 3 is 1.94 bits per heavy atom. The summed E-state index contributed by atoms with van der Waals surface area (Å²) in [5, 5.41) is 2.86. The zero-order chi connectivity index (χ0) is 12.6. The van der Waals surface area contributed by atoms with Crippen LogP contribution >= 0.6 is 11.6 Å². The molecule has 0 amide bonds. The lowest BCUT2D eigenvalue weighted by molar-refractivity contribution is -0.259.